The van der Waals surface area contributed by atoms with Gasteiger partial charge >= 0.3 is 0 Å². The van der Waals surface area contributed by atoms with Crippen molar-refractivity contribution in [3.8, 4) is 0 Å². The number of fused-ring (bicyclic) bond motifs is 1. The average molecular weight is 497 g/mol. The second-order valence-corrected chi connectivity index (χ2v) is 12.2. The number of ether oxygens (including phenoxy) is 1. The van der Waals surface area contributed by atoms with Crippen LogP contribution in [0.25, 0.3) is 0 Å². The van der Waals surface area contributed by atoms with Crippen LogP contribution in [0.2, 0.25) is 0 Å². The van der Waals surface area contributed by atoms with Gasteiger partial charge in [0.1, 0.15) is 5.84 Å². The van der Waals surface area contributed by atoms with Crippen LogP contribution in [0.3, 0.4) is 0 Å². The number of hydrogen-bond acceptors (Lipinski definition) is 5. The third-order valence-corrected chi connectivity index (χ3v) is 10.4. The van der Waals surface area contributed by atoms with Crippen molar-refractivity contribution in [1.29, 1.82) is 5.41 Å². The molecular formula is C28H40N4O2S. The predicted octanol–water partition coefficient (Wildman–Crippen LogP) is 4.74. The van der Waals surface area contributed by atoms with Crippen molar-refractivity contribution in [3.05, 3.63) is 54.1 Å². The van der Waals surface area contributed by atoms with Crippen LogP contribution in [0.1, 0.15) is 76.2 Å². The highest BCUT2D eigenvalue weighted by Gasteiger charge is 2.37. The summed E-state index contributed by atoms with van der Waals surface area (Å²) < 4.78 is 5.47. The number of nitrogens with one attached hydrogen (secondary N) is 2. The number of pyridine rings is 1. The predicted molar refractivity (Wildman–Crippen MR) is 143 cm³/mol. The molecule has 0 aromatic carbocycles. The highest BCUT2D eigenvalue weighted by atomic mass is 32.1. The molecule has 0 radical (unpaired) electrons. The number of aryl methyl sites for hydroxylation is 2. The maximum Gasteiger partial charge on any atom is 0.253 e. The van der Waals surface area contributed by atoms with E-state index < -0.39 is 0 Å². The zero-order valence-corrected chi connectivity index (χ0v) is 22.7. The third kappa shape index (κ3) is 4.63. The zero-order chi connectivity index (χ0) is 24.9. The monoisotopic (exact) mass is 496 g/mol. The molecule has 1 aliphatic carbocycles. The van der Waals surface area contributed by atoms with Gasteiger partial charge in [-0.3, -0.25) is 15.1 Å². The highest BCUT2D eigenvalue weighted by Crippen LogP contribution is 2.44. The molecule has 7 heteroatoms. The van der Waals surface area contributed by atoms with Crippen molar-refractivity contribution >= 4 is 17.2 Å². The number of hydrogen-bond donors (Lipinski definition) is 2. The van der Waals surface area contributed by atoms with Gasteiger partial charge in [0.05, 0.1) is 12.6 Å². The van der Waals surface area contributed by atoms with Crippen LogP contribution in [0.4, 0.5) is 0 Å². The average Bonchev–Trinajstić information content (AvgIpc) is 3.14. The zero-order valence-electron chi connectivity index (χ0n) is 21.9. The number of H-pyrrole nitrogens is 1. The molecule has 3 aliphatic rings. The van der Waals surface area contributed by atoms with E-state index in [4.69, 9.17) is 10.1 Å². The van der Waals surface area contributed by atoms with Crippen molar-refractivity contribution in [2.75, 3.05) is 26.7 Å². The summed E-state index contributed by atoms with van der Waals surface area (Å²) in [4.78, 5) is 23.1. The van der Waals surface area contributed by atoms with Crippen LogP contribution < -0.4 is 5.56 Å². The molecule has 2 aromatic rings. The summed E-state index contributed by atoms with van der Waals surface area (Å²) in [6, 6.07) is 2.76. The first-order chi connectivity index (χ1) is 16.8. The Bertz CT molecular complexity index is 1150. The first kappa shape index (κ1) is 24.7. The fourth-order valence-corrected chi connectivity index (χ4v) is 7.99. The summed E-state index contributed by atoms with van der Waals surface area (Å²) in [7, 11) is 1.83. The maximum absolute atomic E-state index is 12.6. The van der Waals surface area contributed by atoms with Gasteiger partial charge in [-0.15, -0.1) is 11.3 Å². The van der Waals surface area contributed by atoms with E-state index in [1.165, 1.54) is 41.0 Å². The molecule has 0 spiro atoms. The van der Waals surface area contributed by atoms with Gasteiger partial charge in [0.15, 0.2) is 0 Å². The summed E-state index contributed by atoms with van der Waals surface area (Å²) in [5.74, 6) is 1.86. The second-order valence-electron chi connectivity index (χ2n) is 11.0. The van der Waals surface area contributed by atoms with Gasteiger partial charge in [-0.1, -0.05) is 6.92 Å². The quantitative estimate of drug-likeness (QED) is 0.606. The molecule has 190 valence electrons. The summed E-state index contributed by atoms with van der Waals surface area (Å²) in [5.41, 5.74) is 5.08. The van der Waals surface area contributed by atoms with Gasteiger partial charge in [-0.25, -0.2) is 0 Å². The molecule has 2 fully saturated rings. The highest BCUT2D eigenvalue weighted by molar-refractivity contribution is 7.12. The molecule has 1 atom stereocenters. The number of aromatic nitrogens is 1. The van der Waals surface area contributed by atoms with Gasteiger partial charge in [0, 0.05) is 65.8 Å². The van der Waals surface area contributed by atoms with E-state index in [9.17, 15) is 4.79 Å². The minimum atomic E-state index is -0.0241. The van der Waals surface area contributed by atoms with E-state index in [0.29, 0.717) is 24.4 Å². The number of amidine groups is 1. The molecule has 35 heavy (non-hydrogen) atoms. The molecule has 5 rings (SSSR count). The van der Waals surface area contributed by atoms with Gasteiger partial charge in [0.25, 0.3) is 5.56 Å². The molecule has 2 aromatic heterocycles. The first-order valence-electron chi connectivity index (χ1n) is 13.2. The van der Waals surface area contributed by atoms with Crippen LogP contribution in [0.5, 0.6) is 0 Å². The number of likely N-dealkylation sites (tertiary alicyclic amines) is 1. The van der Waals surface area contributed by atoms with Crippen LogP contribution in [0, 0.1) is 32.1 Å². The summed E-state index contributed by atoms with van der Waals surface area (Å²) in [6.07, 6.45) is 6.58. The van der Waals surface area contributed by atoms with E-state index >= 15 is 0 Å². The Hall–Kier alpha value is -1.96. The SMILES string of the molecule is COC1CN(C2CCC(C(C)c3sc4c(c3C)C(=N)N(Cc3c(C)cc(C)[nH]c3=O)CC4)CC2)C1. The molecule has 1 saturated heterocycles. The minimum Gasteiger partial charge on any atom is -0.379 e. The van der Waals surface area contributed by atoms with E-state index in [-0.39, 0.29) is 5.56 Å². The first-order valence-corrected chi connectivity index (χ1v) is 14.0. The van der Waals surface area contributed by atoms with Crippen LogP contribution in [0.15, 0.2) is 10.9 Å². The normalized spacial score (nSPS) is 24.4. The van der Waals surface area contributed by atoms with Crippen molar-refractivity contribution in [3.63, 3.8) is 0 Å². The lowest BCUT2D eigenvalue weighted by Gasteiger charge is -2.46. The molecule has 0 amide bonds. The van der Waals surface area contributed by atoms with Gasteiger partial charge in [-0.05, 0) is 75.5 Å². The van der Waals surface area contributed by atoms with E-state index in [1.54, 1.807) is 0 Å². The van der Waals surface area contributed by atoms with E-state index in [0.717, 1.165) is 60.4 Å². The Morgan fingerprint density at radius 3 is 2.57 bits per heavy atom. The fourth-order valence-electron chi connectivity index (χ4n) is 6.54. The lowest BCUT2D eigenvalue weighted by atomic mass is 9.76. The maximum atomic E-state index is 12.6. The fraction of sp³-hybridized carbons (Fsp3) is 0.643. The Balaban J connectivity index is 1.27. The molecule has 1 unspecified atom stereocenters. The lowest BCUT2D eigenvalue weighted by molar-refractivity contribution is -0.0600. The second kappa shape index (κ2) is 9.83. The van der Waals surface area contributed by atoms with Crippen molar-refractivity contribution < 1.29 is 4.74 Å². The Labute approximate surface area is 213 Å². The topological polar surface area (TPSA) is 72.4 Å². The largest absolute Gasteiger partial charge is 0.379 e. The number of aromatic amines is 1. The number of rotatable bonds is 6. The number of nitrogens with zero attached hydrogens (tertiary/aromatic N) is 2. The molecule has 4 heterocycles. The van der Waals surface area contributed by atoms with E-state index in [1.807, 2.05) is 38.4 Å². The van der Waals surface area contributed by atoms with Gasteiger partial charge < -0.3 is 14.6 Å². The Kier molecular flexibility index (Phi) is 6.94. The molecular weight excluding hydrogens is 456 g/mol. The Morgan fingerprint density at radius 2 is 1.91 bits per heavy atom. The smallest absolute Gasteiger partial charge is 0.253 e. The summed E-state index contributed by atoms with van der Waals surface area (Å²) in [5, 5.41) is 9.04. The standard InChI is InChI=1S/C28H40N4O2S/c1-16-12-17(2)30-28(33)23(16)15-31-11-10-24-25(27(31)29)19(4)26(35-24)18(3)20-6-8-21(9-7-20)32-13-22(14-32)34-5/h12,18,20-22,29H,6-11,13-15H2,1-5H3,(H,30,33). The summed E-state index contributed by atoms with van der Waals surface area (Å²) >= 11 is 1.95. The van der Waals surface area contributed by atoms with Crippen molar-refractivity contribution in [2.45, 2.75) is 84.4 Å². The van der Waals surface area contributed by atoms with E-state index in [2.05, 4.69) is 28.6 Å². The molecule has 2 N–H and O–H groups in total. The molecule has 0 bridgehead atoms. The molecule has 6 nitrogen and oxygen atoms in total. The van der Waals surface area contributed by atoms with Crippen LogP contribution in [-0.4, -0.2) is 59.5 Å². The summed E-state index contributed by atoms with van der Waals surface area (Å²) in [6.45, 7) is 12.1. The Morgan fingerprint density at radius 1 is 1.20 bits per heavy atom. The number of thiophene rings is 1. The van der Waals surface area contributed by atoms with Gasteiger partial charge in [-0.2, -0.15) is 0 Å². The van der Waals surface area contributed by atoms with Crippen molar-refractivity contribution in [1.82, 2.24) is 14.8 Å². The van der Waals surface area contributed by atoms with Crippen LogP contribution in [-0.2, 0) is 17.7 Å². The lowest BCUT2D eigenvalue weighted by Crippen LogP contribution is -2.56. The number of methoxy groups -OCH3 is 1. The van der Waals surface area contributed by atoms with Crippen LogP contribution >= 0.6 is 11.3 Å². The molecule has 1 saturated carbocycles. The minimum absolute atomic E-state index is 0.0241. The third-order valence-electron chi connectivity index (χ3n) is 8.85. The van der Waals surface area contributed by atoms with Gasteiger partial charge in [0.2, 0.25) is 0 Å². The van der Waals surface area contributed by atoms with Crippen molar-refractivity contribution in [2.24, 2.45) is 5.92 Å². The molecule has 2 aliphatic heterocycles.